The lowest BCUT2D eigenvalue weighted by Gasteiger charge is -2.17. The van der Waals surface area contributed by atoms with Crippen LogP contribution in [0.1, 0.15) is 25.3 Å². The first-order valence-corrected chi connectivity index (χ1v) is 6.90. The predicted molar refractivity (Wildman–Crippen MR) is 79.1 cm³/mol. The molecule has 2 rings (SSSR count). The van der Waals surface area contributed by atoms with Crippen LogP contribution >= 0.6 is 0 Å². The van der Waals surface area contributed by atoms with Crippen LogP contribution in [0.15, 0.2) is 28.8 Å². The molecule has 122 valence electrons. The maximum absolute atomic E-state index is 12.4. The molecule has 0 saturated heterocycles. The summed E-state index contributed by atoms with van der Waals surface area (Å²) >= 11 is 0. The second-order valence-electron chi connectivity index (χ2n) is 5.75. The molecular weight excluding hydrogens is 307 g/mol. The van der Waals surface area contributed by atoms with Crippen molar-refractivity contribution in [3.8, 4) is 23.7 Å². The van der Waals surface area contributed by atoms with E-state index >= 15 is 0 Å². The summed E-state index contributed by atoms with van der Waals surface area (Å²) in [7, 11) is 0. The van der Waals surface area contributed by atoms with Crippen LogP contribution in [0.2, 0.25) is 0 Å². The van der Waals surface area contributed by atoms with Crippen molar-refractivity contribution in [3.05, 3.63) is 35.7 Å². The number of rotatable bonds is 5. The number of alkyl halides is 3. The van der Waals surface area contributed by atoms with Crippen LogP contribution in [0.5, 0.6) is 0 Å². The molecule has 4 nitrogen and oxygen atoms in total. The van der Waals surface area contributed by atoms with Gasteiger partial charge in [-0.2, -0.15) is 18.2 Å². The van der Waals surface area contributed by atoms with Gasteiger partial charge in [0.1, 0.15) is 0 Å². The minimum absolute atomic E-state index is 0.0923. The minimum atomic E-state index is -4.64. The van der Waals surface area contributed by atoms with Crippen LogP contribution in [0.25, 0.3) is 11.4 Å². The minimum Gasteiger partial charge on any atom is -0.329 e. The first kappa shape index (κ1) is 17.0. The van der Waals surface area contributed by atoms with E-state index in [9.17, 15) is 13.2 Å². The molecule has 0 aliphatic heterocycles. The van der Waals surface area contributed by atoms with Gasteiger partial charge < -0.3 is 9.84 Å². The van der Waals surface area contributed by atoms with Gasteiger partial charge in [-0.15, -0.1) is 6.42 Å². The maximum atomic E-state index is 12.4. The van der Waals surface area contributed by atoms with Gasteiger partial charge in [0.25, 0.3) is 0 Å². The molecule has 7 heteroatoms. The maximum Gasteiger partial charge on any atom is 0.471 e. The van der Waals surface area contributed by atoms with E-state index in [0.717, 1.165) is 5.56 Å². The Hall–Kier alpha value is -2.33. The van der Waals surface area contributed by atoms with E-state index in [1.807, 2.05) is 13.8 Å². The normalized spacial score (nSPS) is 12.2. The van der Waals surface area contributed by atoms with Crippen LogP contribution in [0.4, 0.5) is 13.2 Å². The zero-order valence-corrected chi connectivity index (χ0v) is 12.7. The van der Waals surface area contributed by atoms with Crippen LogP contribution < -0.4 is 5.32 Å². The number of benzene rings is 1. The van der Waals surface area contributed by atoms with Gasteiger partial charge in [-0.25, -0.2) is 0 Å². The van der Waals surface area contributed by atoms with E-state index < -0.39 is 12.1 Å². The molecule has 0 saturated carbocycles. The Bertz CT molecular complexity index is 697. The largest absolute Gasteiger partial charge is 0.471 e. The van der Waals surface area contributed by atoms with Crippen LogP contribution in [-0.4, -0.2) is 16.7 Å². The van der Waals surface area contributed by atoms with Gasteiger partial charge in [-0.05, 0) is 19.4 Å². The number of terminal acetylenes is 1. The van der Waals surface area contributed by atoms with E-state index in [0.29, 0.717) is 18.7 Å². The molecule has 2 aromatic rings. The van der Waals surface area contributed by atoms with Crippen molar-refractivity contribution in [3.63, 3.8) is 0 Å². The average Bonchev–Trinajstić information content (AvgIpc) is 2.98. The summed E-state index contributed by atoms with van der Waals surface area (Å²) in [5.41, 5.74) is 1.19. The number of hydrogen-bond donors (Lipinski definition) is 1. The number of hydrogen-bond acceptors (Lipinski definition) is 4. The molecular formula is C16H16F3N3O. The van der Waals surface area contributed by atoms with Crippen molar-refractivity contribution in [1.29, 1.82) is 0 Å². The lowest BCUT2D eigenvalue weighted by Crippen LogP contribution is -2.27. The number of nitrogens with one attached hydrogen (secondary N) is 1. The van der Waals surface area contributed by atoms with Crippen molar-refractivity contribution in [1.82, 2.24) is 15.5 Å². The number of halogens is 3. The second kappa shape index (κ2) is 6.42. The standard InChI is InChI=1S/C16H16F3N3O/c1-4-15(2,3)10-20-9-11-5-7-12(8-6-11)13-21-14(23-22-13)16(17,18)19/h1,5-8,20H,9-10H2,2-3H3. The van der Waals surface area contributed by atoms with Crippen LogP contribution in [0, 0.1) is 17.8 Å². The van der Waals surface area contributed by atoms with Gasteiger partial charge in [0.05, 0.1) is 0 Å². The first-order valence-electron chi connectivity index (χ1n) is 6.90. The van der Waals surface area contributed by atoms with E-state index in [1.54, 1.807) is 24.3 Å². The fraction of sp³-hybridized carbons (Fsp3) is 0.375. The Balaban J connectivity index is 2.00. The van der Waals surface area contributed by atoms with Crippen molar-refractivity contribution in [2.24, 2.45) is 5.41 Å². The highest BCUT2D eigenvalue weighted by molar-refractivity contribution is 5.54. The molecule has 0 spiro atoms. The molecule has 0 atom stereocenters. The number of aromatic nitrogens is 2. The molecule has 0 bridgehead atoms. The van der Waals surface area contributed by atoms with Crippen molar-refractivity contribution >= 4 is 0 Å². The van der Waals surface area contributed by atoms with Gasteiger partial charge >= 0.3 is 12.1 Å². The molecule has 0 aliphatic carbocycles. The first-order chi connectivity index (χ1) is 10.7. The number of nitrogens with zero attached hydrogens (tertiary/aromatic N) is 2. The summed E-state index contributed by atoms with van der Waals surface area (Å²) in [6.45, 7) is 5.17. The third kappa shape index (κ3) is 4.57. The van der Waals surface area contributed by atoms with Crippen molar-refractivity contribution < 1.29 is 17.7 Å². The Morgan fingerprint density at radius 3 is 2.39 bits per heavy atom. The van der Waals surface area contributed by atoms with Gasteiger partial charge in [0.15, 0.2) is 0 Å². The summed E-state index contributed by atoms with van der Waals surface area (Å²) in [5.74, 6) is 1.25. The summed E-state index contributed by atoms with van der Waals surface area (Å²) in [6, 6.07) is 6.87. The monoisotopic (exact) mass is 323 g/mol. The molecule has 0 aliphatic rings. The van der Waals surface area contributed by atoms with Crippen LogP contribution in [-0.2, 0) is 12.7 Å². The predicted octanol–water partition coefficient (Wildman–Crippen LogP) is 3.50. The summed E-state index contributed by atoms with van der Waals surface area (Å²) in [5, 5.41) is 6.58. The Morgan fingerprint density at radius 1 is 1.22 bits per heavy atom. The Kier molecular flexibility index (Phi) is 4.76. The molecule has 1 aromatic heterocycles. The quantitative estimate of drug-likeness (QED) is 0.856. The Morgan fingerprint density at radius 2 is 1.87 bits per heavy atom. The molecule has 0 unspecified atom stereocenters. The SMILES string of the molecule is C#CC(C)(C)CNCc1ccc(-c2noc(C(F)(F)F)n2)cc1. The summed E-state index contributed by atoms with van der Waals surface area (Å²) in [4.78, 5) is 3.35. The van der Waals surface area contributed by atoms with Crippen molar-refractivity contribution in [2.75, 3.05) is 6.54 Å². The van der Waals surface area contributed by atoms with Crippen LogP contribution in [0.3, 0.4) is 0 Å². The highest BCUT2D eigenvalue weighted by atomic mass is 19.4. The van der Waals surface area contributed by atoms with E-state index in [4.69, 9.17) is 6.42 Å². The van der Waals surface area contributed by atoms with E-state index in [2.05, 4.69) is 25.9 Å². The molecule has 0 amide bonds. The fourth-order valence-corrected chi connectivity index (χ4v) is 1.80. The molecule has 23 heavy (non-hydrogen) atoms. The molecule has 0 radical (unpaired) electrons. The smallest absolute Gasteiger partial charge is 0.329 e. The lowest BCUT2D eigenvalue weighted by atomic mass is 9.95. The van der Waals surface area contributed by atoms with Gasteiger partial charge in [0.2, 0.25) is 5.82 Å². The molecule has 0 fully saturated rings. The average molecular weight is 323 g/mol. The van der Waals surface area contributed by atoms with Gasteiger partial charge in [0, 0.05) is 24.1 Å². The third-order valence-corrected chi connectivity index (χ3v) is 3.17. The summed E-state index contributed by atoms with van der Waals surface area (Å²) in [6.07, 6.45) is 0.770. The van der Waals surface area contributed by atoms with Crippen molar-refractivity contribution in [2.45, 2.75) is 26.6 Å². The zero-order chi connectivity index (χ0) is 17.1. The van der Waals surface area contributed by atoms with E-state index in [1.165, 1.54) is 0 Å². The Labute approximate surface area is 132 Å². The fourth-order valence-electron chi connectivity index (χ4n) is 1.80. The lowest BCUT2D eigenvalue weighted by molar-refractivity contribution is -0.159. The zero-order valence-electron chi connectivity index (χ0n) is 12.7. The van der Waals surface area contributed by atoms with Gasteiger partial charge in [-0.1, -0.05) is 35.3 Å². The highest BCUT2D eigenvalue weighted by Gasteiger charge is 2.38. The summed E-state index contributed by atoms with van der Waals surface area (Å²) < 4.78 is 41.5. The second-order valence-corrected chi connectivity index (χ2v) is 5.75. The highest BCUT2D eigenvalue weighted by Crippen LogP contribution is 2.29. The molecule has 1 N–H and O–H groups in total. The van der Waals surface area contributed by atoms with E-state index in [-0.39, 0.29) is 11.2 Å². The molecule has 1 aromatic carbocycles. The topological polar surface area (TPSA) is 51.0 Å². The third-order valence-electron chi connectivity index (χ3n) is 3.17. The van der Waals surface area contributed by atoms with Gasteiger partial charge in [-0.3, -0.25) is 0 Å². The molecule has 1 heterocycles.